The van der Waals surface area contributed by atoms with E-state index in [-0.39, 0.29) is 24.3 Å². The van der Waals surface area contributed by atoms with Crippen molar-refractivity contribution >= 4 is 17.7 Å². The number of ether oxygens (including phenoxy) is 1. The number of aromatic nitrogens is 1. The predicted molar refractivity (Wildman–Crippen MR) is 116 cm³/mol. The van der Waals surface area contributed by atoms with Crippen molar-refractivity contribution in [1.29, 1.82) is 0 Å². The molecule has 1 spiro atoms. The van der Waals surface area contributed by atoms with Gasteiger partial charge in [0.15, 0.2) is 5.78 Å². The smallest absolute Gasteiger partial charge is 0.325 e. The number of fused-ring (bicyclic) bond motifs is 2. The topological polar surface area (TPSA) is 80.6 Å². The second-order valence-corrected chi connectivity index (χ2v) is 8.62. The van der Waals surface area contributed by atoms with Crippen LogP contribution in [0.1, 0.15) is 58.7 Å². The number of carbonyl (C=O) groups is 3. The van der Waals surface area contributed by atoms with Crippen LogP contribution in [0.2, 0.25) is 0 Å². The third-order valence-corrected chi connectivity index (χ3v) is 6.59. The van der Waals surface area contributed by atoms with Gasteiger partial charge < -0.3 is 14.6 Å². The number of aryl methyl sites for hydroxylation is 2. The molecule has 2 heterocycles. The van der Waals surface area contributed by atoms with Crippen LogP contribution in [0.15, 0.2) is 30.3 Å². The van der Waals surface area contributed by atoms with Gasteiger partial charge in [0.05, 0.1) is 19.2 Å². The van der Waals surface area contributed by atoms with Crippen LogP contribution >= 0.6 is 0 Å². The highest BCUT2D eigenvalue weighted by molar-refractivity contribution is 6.11. The number of amides is 3. The first-order valence-electron chi connectivity index (χ1n) is 10.7. The zero-order valence-electron chi connectivity index (χ0n) is 18.5. The van der Waals surface area contributed by atoms with Gasteiger partial charge in [-0.05, 0) is 57.2 Å². The highest BCUT2D eigenvalue weighted by Crippen LogP contribution is 2.40. The average Bonchev–Trinajstić information content (AvgIpc) is 3.16. The van der Waals surface area contributed by atoms with E-state index in [2.05, 4.69) is 9.88 Å². The Hall–Kier alpha value is -2.93. The average molecular weight is 424 g/mol. The molecule has 1 aliphatic heterocycles. The number of carbonyl (C=O) groups excluding carboxylic acids is 3. The molecule has 1 aliphatic carbocycles. The number of rotatable bonds is 6. The van der Waals surface area contributed by atoms with Crippen molar-refractivity contribution in [3.8, 4) is 0 Å². The van der Waals surface area contributed by atoms with Crippen LogP contribution < -0.4 is 5.32 Å². The number of nitrogens with one attached hydrogen (secondary N) is 1. The molecule has 0 unspecified atom stereocenters. The number of methoxy groups -OCH3 is 1. The van der Waals surface area contributed by atoms with E-state index < -0.39 is 11.6 Å². The normalized spacial score (nSPS) is 21.4. The molecule has 1 aromatic heterocycles. The van der Waals surface area contributed by atoms with Crippen LogP contribution in [0, 0.1) is 13.8 Å². The van der Waals surface area contributed by atoms with Gasteiger partial charge in [-0.15, -0.1) is 0 Å². The molecule has 1 aromatic carbocycles. The highest BCUT2D eigenvalue weighted by atomic mass is 16.5. The molecule has 0 saturated carbocycles. The van der Waals surface area contributed by atoms with Gasteiger partial charge in [-0.1, -0.05) is 24.3 Å². The number of nitrogens with zero attached hydrogens (tertiary/aromatic N) is 2. The van der Waals surface area contributed by atoms with Gasteiger partial charge in [-0.25, -0.2) is 4.79 Å². The van der Waals surface area contributed by atoms with Crippen LogP contribution in [0.5, 0.6) is 0 Å². The number of ketones is 1. The fourth-order valence-corrected chi connectivity index (χ4v) is 5.24. The van der Waals surface area contributed by atoms with Gasteiger partial charge in [0.1, 0.15) is 5.54 Å². The van der Waals surface area contributed by atoms with E-state index in [0.29, 0.717) is 18.6 Å². The lowest BCUT2D eigenvalue weighted by molar-refractivity contribution is -0.131. The third-order valence-electron chi connectivity index (χ3n) is 6.59. The monoisotopic (exact) mass is 423 g/mol. The summed E-state index contributed by atoms with van der Waals surface area (Å²) >= 11 is 0. The number of imide groups is 1. The summed E-state index contributed by atoms with van der Waals surface area (Å²) in [7, 11) is 1.65. The quantitative estimate of drug-likeness (QED) is 0.571. The summed E-state index contributed by atoms with van der Waals surface area (Å²) in [5, 5.41) is 2.91. The second kappa shape index (κ2) is 7.96. The van der Waals surface area contributed by atoms with Crippen LogP contribution in [0.4, 0.5) is 4.79 Å². The largest absolute Gasteiger partial charge is 0.383 e. The van der Waals surface area contributed by atoms with Crippen molar-refractivity contribution in [3.63, 3.8) is 0 Å². The van der Waals surface area contributed by atoms with Crippen LogP contribution in [0.25, 0.3) is 0 Å². The maximum absolute atomic E-state index is 13.4. The first-order chi connectivity index (χ1) is 14.8. The van der Waals surface area contributed by atoms with Crippen molar-refractivity contribution in [2.24, 2.45) is 0 Å². The van der Waals surface area contributed by atoms with Gasteiger partial charge >= 0.3 is 6.03 Å². The molecule has 2 aromatic rings. The Morgan fingerprint density at radius 1 is 1.26 bits per heavy atom. The van der Waals surface area contributed by atoms with E-state index in [1.165, 1.54) is 0 Å². The summed E-state index contributed by atoms with van der Waals surface area (Å²) in [6.07, 6.45) is 2.23. The molecule has 1 fully saturated rings. The molecule has 2 atom stereocenters. The SMILES string of the molecule is COC[C@@H](C)n1c(C)cc(C(=O)CN2C(=O)N[C@]3(CCCc4ccccc43)C2=O)c1C. The molecule has 4 rings (SSSR count). The summed E-state index contributed by atoms with van der Waals surface area (Å²) in [6.45, 7) is 6.12. The van der Waals surface area contributed by atoms with Crippen molar-refractivity contribution in [1.82, 2.24) is 14.8 Å². The summed E-state index contributed by atoms with van der Waals surface area (Å²) < 4.78 is 7.31. The minimum atomic E-state index is -1.06. The number of urea groups is 1. The van der Waals surface area contributed by atoms with E-state index in [1.807, 2.05) is 51.1 Å². The minimum Gasteiger partial charge on any atom is -0.383 e. The van der Waals surface area contributed by atoms with Crippen molar-refractivity contribution in [3.05, 3.63) is 58.4 Å². The fraction of sp³-hybridized carbons (Fsp3) is 0.458. The van der Waals surface area contributed by atoms with Gasteiger partial charge in [-0.3, -0.25) is 14.5 Å². The first-order valence-corrected chi connectivity index (χ1v) is 10.7. The lowest BCUT2D eigenvalue weighted by atomic mass is 9.76. The van der Waals surface area contributed by atoms with E-state index >= 15 is 0 Å². The van der Waals surface area contributed by atoms with Crippen molar-refractivity contribution in [2.75, 3.05) is 20.3 Å². The van der Waals surface area contributed by atoms with Crippen LogP contribution in [-0.4, -0.2) is 47.4 Å². The molecule has 31 heavy (non-hydrogen) atoms. The molecule has 2 aliphatic rings. The molecule has 0 radical (unpaired) electrons. The number of Topliss-reactive ketones (excluding diaryl/α,β-unsaturated/α-hetero) is 1. The Kier molecular flexibility index (Phi) is 5.47. The lowest BCUT2D eigenvalue weighted by Gasteiger charge is -2.33. The maximum atomic E-state index is 13.4. The van der Waals surface area contributed by atoms with E-state index in [4.69, 9.17) is 4.74 Å². The predicted octanol–water partition coefficient (Wildman–Crippen LogP) is 3.28. The molecule has 164 valence electrons. The first kappa shape index (κ1) is 21.3. The number of hydrogen-bond donors (Lipinski definition) is 1. The summed E-state index contributed by atoms with van der Waals surface area (Å²) in [5.41, 5.74) is 3.16. The summed E-state index contributed by atoms with van der Waals surface area (Å²) in [4.78, 5) is 40.5. The van der Waals surface area contributed by atoms with Gasteiger partial charge in [-0.2, -0.15) is 0 Å². The molecule has 1 N–H and O–H groups in total. The Labute approximate surface area is 182 Å². The van der Waals surface area contributed by atoms with E-state index in [9.17, 15) is 14.4 Å². The Bertz CT molecular complexity index is 1060. The second-order valence-electron chi connectivity index (χ2n) is 8.62. The molecular weight excluding hydrogens is 394 g/mol. The van der Waals surface area contributed by atoms with Crippen LogP contribution in [-0.2, 0) is 21.5 Å². The summed E-state index contributed by atoms with van der Waals surface area (Å²) in [5.74, 6) is -0.576. The zero-order chi connectivity index (χ0) is 22.3. The van der Waals surface area contributed by atoms with Gasteiger partial charge in [0.2, 0.25) is 0 Å². The van der Waals surface area contributed by atoms with Crippen molar-refractivity contribution < 1.29 is 19.1 Å². The lowest BCUT2D eigenvalue weighted by Crippen LogP contribution is -2.46. The van der Waals surface area contributed by atoms with E-state index in [1.54, 1.807) is 7.11 Å². The fourth-order valence-electron chi connectivity index (χ4n) is 5.24. The van der Waals surface area contributed by atoms with Gasteiger partial charge in [0, 0.05) is 24.1 Å². The van der Waals surface area contributed by atoms with Crippen LogP contribution in [0.3, 0.4) is 0 Å². The molecule has 3 amide bonds. The maximum Gasteiger partial charge on any atom is 0.325 e. The number of hydrogen-bond acceptors (Lipinski definition) is 4. The molecular formula is C24H29N3O4. The van der Waals surface area contributed by atoms with E-state index in [0.717, 1.165) is 40.3 Å². The Morgan fingerprint density at radius 2 is 2.00 bits per heavy atom. The van der Waals surface area contributed by atoms with Gasteiger partial charge in [0.25, 0.3) is 5.91 Å². The van der Waals surface area contributed by atoms with Crippen molar-refractivity contribution in [2.45, 2.75) is 51.6 Å². The molecule has 0 bridgehead atoms. The Balaban J connectivity index is 1.60. The molecule has 7 nitrogen and oxygen atoms in total. The standard InChI is InChI=1S/C24H29N3O4/c1-15-12-19(17(3)27(15)16(2)14-31-4)21(28)13-26-22(29)24(25-23(26)30)11-7-9-18-8-5-6-10-20(18)24/h5-6,8,10,12,16H,7,9,11,13-14H2,1-4H3,(H,25,30)/t16-,24+/m1/s1. The Morgan fingerprint density at radius 3 is 2.74 bits per heavy atom. The zero-order valence-corrected chi connectivity index (χ0v) is 18.5. The third kappa shape index (κ3) is 3.37. The summed E-state index contributed by atoms with van der Waals surface area (Å²) in [6, 6.07) is 9.13. The molecule has 7 heteroatoms. The molecule has 1 saturated heterocycles. The minimum absolute atomic E-state index is 0.0743. The highest BCUT2D eigenvalue weighted by Gasteiger charge is 2.54. The number of benzene rings is 1.